The summed E-state index contributed by atoms with van der Waals surface area (Å²) in [5.74, 6) is -0.477. The molecule has 0 saturated heterocycles. The number of hydrogen-bond acceptors (Lipinski definition) is 1. The Morgan fingerprint density at radius 1 is 1.44 bits per heavy atom. The van der Waals surface area contributed by atoms with Gasteiger partial charge in [-0.1, -0.05) is 19.1 Å². The average Bonchev–Trinajstić information content (AvgIpc) is 2.26. The number of rotatable bonds is 3. The number of benzene rings is 1. The van der Waals surface area contributed by atoms with Crippen molar-refractivity contribution in [3.05, 3.63) is 35.4 Å². The van der Waals surface area contributed by atoms with Gasteiger partial charge in [0.05, 0.1) is 10.9 Å². The molecule has 1 rings (SSSR count). The molecule has 0 bridgehead atoms. The van der Waals surface area contributed by atoms with Crippen molar-refractivity contribution >= 4 is 17.4 Å². The molecule has 5 heteroatoms. The van der Waals surface area contributed by atoms with Crippen LogP contribution in [0.1, 0.15) is 29.3 Å². The lowest BCUT2D eigenvalue weighted by molar-refractivity contribution is -0.137. The first kappa shape index (κ1) is 13.0. The zero-order chi connectivity index (χ0) is 12.3. The van der Waals surface area contributed by atoms with E-state index < -0.39 is 22.9 Å². The molecule has 1 unspecified atom stereocenters. The van der Waals surface area contributed by atoms with E-state index in [0.29, 0.717) is 6.42 Å². The van der Waals surface area contributed by atoms with Gasteiger partial charge in [0.2, 0.25) is 0 Å². The van der Waals surface area contributed by atoms with Gasteiger partial charge < -0.3 is 0 Å². The van der Waals surface area contributed by atoms with E-state index in [2.05, 4.69) is 0 Å². The summed E-state index contributed by atoms with van der Waals surface area (Å²) in [6.07, 6.45) is -4.05. The third-order valence-corrected chi connectivity index (χ3v) is 2.62. The van der Waals surface area contributed by atoms with Gasteiger partial charge in [0.15, 0.2) is 5.78 Å². The Morgan fingerprint density at radius 2 is 2.06 bits per heavy atom. The number of carbonyl (C=O) groups is 1. The summed E-state index contributed by atoms with van der Waals surface area (Å²) >= 11 is 5.69. The van der Waals surface area contributed by atoms with Crippen LogP contribution in [0.5, 0.6) is 0 Å². The second kappa shape index (κ2) is 4.87. The van der Waals surface area contributed by atoms with Gasteiger partial charge in [0.1, 0.15) is 0 Å². The number of hydrogen-bond donors (Lipinski definition) is 0. The number of halogens is 4. The zero-order valence-electron chi connectivity index (χ0n) is 8.51. The predicted octanol–water partition coefficient (Wildman–Crippen LogP) is 3.91. The minimum Gasteiger partial charge on any atom is -0.293 e. The molecule has 0 N–H and O–H groups in total. The van der Waals surface area contributed by atoms with Crippen LogP contribution in [0, 0.1) is 0 Å². The van der Waals surface area contributed by atoms with E-state index in [1.54, 1.807) is 6.92 Å². The fourth-order valence-electron chi connectivity index (χ4n) is 1.22. The van der Waals surface area contributed by atoms with Gasteiger partial charge in [-0.3, -0.25) is 4.79 Å². The summed E-state index contributed by atoms with van der Waals surface area (Å²) in [5, 5.41) is -0.775. The highest BCUT2D eigenvalue weighted by Gasteiger charge is 2.31. The molecular weight excluding hydrogens is 241 g/mol. The van der Waals surface area contributed by atoms with E-state index in [1.165, 1.54) is 12.1 Å². The summed E-state index contributed by atoms with van der Waals surface area (Å²) in [6.45, 7) is 1.70. The van der Waals surface area contributed by atoms with Gasteiger partial charge in [-0.2, -0.15) is 13.2 Å². The van der Waals surface area contributed by atoms with Crippen molar-refractivity contribution in [3.63, 3.8) is 0 Å². The van der Waals surface area contributed by atoms with Crippen molar-refractivity contribution < 1.29 is 18.0 Å². The fourth-order valence-corrected chi connectivity index (χ4v) is 1.34. The Bertz CT molecular complexity index is 387. The molecular formula is C11H10ClF3O. The Hall–Kier alpha value is -1.03. The smallest absolute Gasteiger partial charge is 0.293 e. The van der Waals surface area contributed by atoms with Crippen LogP contribution in [0.3, 0.4) is 0 Å². The highest BCUT2D eigenvalue weighted by molar-refractivity contribution is 6.33. The van der Waals surface area contributed by atoms with Gasteiger partial charge in [-0.15, -0.1) is 11.6 Å². The Labute approximate surface area is 96.2 Å². The molecule has 0 radical (unpaired) electrons. The molecule has 1 atom stereocenters. The number of carbonyl (C=O) groups excluding carboxylic acids is 1. The zero-order valence-corrected chi connectivity index (χ0v) is 9.27. The molecule has 0 saturated carbocycles. The second-order valence-electron chi connectivity index (χ2n) is 3.32. The lowest BCUT2D eigenvalue weighted by Crippen LogP contribution is -2.15. The maximum atomic E-state index is 12.4. The van der Waals surface area contributed by atoms with Gasteiger partial charge >= 0.3 is 6.18 Å². The molecule has 16 heavy (non-hydrogen) atoms. The number of alkyl halides is 4. The third-order valence-electron chi connectivity index (χ3n) is 2.12. The van der Waals surface area contributed by atoms with Crippen LogP contribution in [-0.4, -0.2) is 11.2 Å². The molecule has 0 aliphatic carbocycles. The summed E-state index contributed by atoms with van der Waals surface area (Å²) < 4.78 is 37.1. The molecule has 0 aliphatic rings. The second-order valence-corrected chi connectivity index (χ2v) is 3.85. The maximum absolute atomic E-state index is 12.4. The molecule has 1 aromatic carbocycles. The van der Waals surface area contributed by atoms with Crippen LogP contribution in [-0.2, 0) is 6.18 Å². The van der Waals surface area contributed by atoms with Crippen LogP contribution in [0.15, 0.2) is 24.3 Å². The Morgan fingerprint density at radius 3 is 2.56 bits per heavy atom. The number of Topliss-reactive ketones (excluding diaryl/α,β-unsaturated/α-hetero) is 1. The molecule has 0 fully saturated rings. The van der Waals surface area contributed by atoms with Crippen LogP contribution in [0.25, 0.3) is 0 Å². The SMILES string of the molecule is CCC(Cl)C(=O)c1cccc(C(F)(F)F)c1. The minimum atomic E-state index is -4.44. The minimum absolute atomic E-state index is 0.00308. The van der Waals surface area contributed by atoms with Crippen molar-refractivity contribution in [1.82, 2.24) is 0 Å². The van der Waals surface area contributed by atoms with Crippen LogP contribution >= 0.6 is 11.6 Å². The van der Waals surface area contributed by atoms with Crippen molar-refractivity contribution in [1.29, 1.82) is 0 Å². The maximum Gasteiger partial charge on any atom is 0.416 e. The Kier molecular flexibility index (Phi) is 3.97. The van der Waals surface area contributed by atoms with Gasteiger partial charge in [-0.25, -0.2) is 0 Å². The summed E-state index contributed by atoms with van der Waals surface area (Å²) in [4.78, 5) is 11.6. The Balaban J connectivity index is 3.04. The summed E-state index contributed by atoms with van der Waals surface area (Å²) in [7, 11) is 0. The van der Waals surface area contributed by atoms with Crippen molar-refractivity contribution in [2.75, 3.05) is 0 Å². The van der Waals surface area contributed by atoms with E-state index in [0.717, 1.165) is 12.1 Å². The highest BCUT2D eigenvalue weighted by Crippen LogP contribution is 2.30. The van der Waals surface area contributed by atoms with Crippen molar-refractivity contribution in [3.8, 4) is 0 Å². The molecule has 0 aromatic heterocycles. The predicted molar refractivity (Wildman–Crippen MR) is 55.7 cm³/mol. The fraction of sp³-hybridized carbons (Fsp3) is 0.364. The van der Waals surface area contributed by atoms with E-state index in [4.69, 9.17) is 11.6 Å². The molecule has 1 aromatic rings. The summed E-state index contributed by atoms with van der Waals surface area (Å²) in [6, 6.07) is 4.29. The standard InChI is InChI=1S/C11H10ClF3O/c1-2-9(12)10(16)7-4-3-5-8(6-7)11(13,14)15/h3-6,9H,2H2,1H3. The first-order valence-electron chi connectivity index (χ1n) is 4.71. The monoisotopic (exact) mass is 250 g/mol. The van der Waals surface area contributed by atoms with Gasteiger partial charge in [-0.05, 0) is 18.6 Å². The number of ketones is 1. The van der Waals surface area contributed by atoms with E-state index in [-0.39, 0.29) is 5.56 Å². The molecule has 0 spiro atoms. The van der Waals surface area contributed by atoms with E-state index in [1.807, 2.05) is 0 Å². The van der Waals surface area contributed by atoms with Gasteiger partial charge in [0.25, 0.3) is 0 Å². The molecule has 88 valence electrons. The lowest BCUT2D eigenvalue weighted by atomic mass is 10.0. The van der Waals surface area contributed by atoms with E-state index >= 15 is 0 Å². The van der Waals surface area contributed by atoms with Crippen molar-refractivity contribution in [2.24, 2.45) is 0 Å². The summed E-state index contributed by atoms with van der Waals surface area (Å²) in [5.41, 5.74) is -0.838. The quantitative estimate of drug-likeness (QED) is 0.587. The van der Waals surface area contributed by atoms with E-state index in [9.17, 15) is 18.0 Å². The molecule has 1 nitrogen and oxygen atoms in total. The van der Waals surface area contributed by atoms with Gasteiger partial charge in [0, 0.05) is 5.56 Å². The molecule has 0 heterocycles. The average molecular weight is 251 g/mol. The molecule has 0 aliphatic heterocycles. The highest BCUT2D eigenvalue weighted by atomic mass is 35.5. The van der Waals surface area contributed by atoms with Crippen LogP contribution < -0.4 is 0 Å². The van der Waals surface area contributed by atoms with Crippen LogP contribution in [0.4, 0.5) is 13.2 Å². The molecule has 0 amide bonds. The third kappa shape index (κ3) is 2.98. The lowest BCUT2D eigenvalue weighted by Gasteiger charge is -2.09. The first-order valence-corrected chi connectivity index (χ1v) is 5.15. The van der Waals surface area contributed by atoms with Crippen molar-refractivity contribution in [2.45, 2.75) is 24.9 Å². The van der Waals surface area contributed by atoms with Crippen LogP contribution in [0.2, 0.25) is 0 Å². The topological polar surface area (TPSA) is 17.1 Å². The largest absolute Gasteiger partial charge is 0.416 e. The normalized spacial score (nSPS) is 13.6. The first-order chi connectivity index (χ1) is 7.36.